The Hall–Kier alpha value is -0.525. The summed E-state index contributed by atoms with van der Waals surface area (Å²) in [6.07, 6.45) is 7.61. The number of carbonyl (C=O) groups is 1. The lowest BCUT2D eigenvalue weighted by molar-refractivity contribution is -0.117. The molecule has 0 atom stereocenters. The number of hydrogen-bond donors (Lipinski definition) is 0. The topological polar surface area (TPSA) is 17.1 Å². The minimum Gasteiger partial charge on any atom is -0.295 e. The lowest BCUT2D eigenvalue weighted by atomic mass is 9.44. The lowest BCUT2D eigenvalue weighted by Gasteiger charge is -2.27. The van der Waals surface area contributed by atoms with E-state index in [1.807, 2.05) is 6.92 Å². The maximum atomic E-state index is 11.0. The van der Waals surface area contributed by atoms with Gasteiger partial charge in [0.2, 0.25) is 0 Å². The van der Waals surface area contributed by atoms with Gasteiger partial charge in [-0.2, -0.15) is 0 Å². The first-order chi connectivity index (χ1) is 7.84. The van der Waals surface area contributed by atoms with Gasteiger partial charge in [0.05, 0.1) is 0 Å². The zero-order chi connectivity index (χ0) is 13.5. The zero-order valence-corrected chi connectivity index (χ0v) is 12.6. The van der Waals surface area contributed by atoms with E-state index in [-0.39, 0.29) is 11.2 Å². The molecule has 0 aromatic rings. The molecule has 0 spiro atoms. The first-order valence-corrected chi connectivity index (χ1v) is 7.04. The predicted molar refractivity (Wildman–Crippen MR) is 79.0 cm³/mol. The minimum atomic E-state index is 0.204. The fourth-order valence-electron chi connectivity index (χ4n) is 2.53. The molecular weight excluding hydrogens is 207 g/mol. The van der Waals surface area contributed by atoms with E-state index in [0.29, 0.717) is 6.42 Å². The van der Waals surface area contributed by atoms with Crippen LogP contribution in [0.25, 0.3) is 0 Å². The lowest BCUT2D eigenvalue weighted by Crippen LogP contribution is -2.20. The monoisotopic (exact) mass is 236 g/mol. The van der Waals surface area contributed by atoms with Crippen molar-refractivity contribution in [1.29, 1.82) is 0 Å². The Morgan fingerprint density at radius 1 is 1.12 bits per heavy atom. The van der Waals surface area contributed by atoms with Crippen molar-refractivity contribution in [2.24, 2.45) is 5.41 Å². The summed E-state index contributed by atoms with van der Waals surface area (Å²) in [5.41, 5.74) is 1.43. The van der Waals surface area contributed by atoms with Crippen LogP contribution in [-0.2, 0) is 4.79 Å². The maximum Gasteiger partial charge on any atom is 0.156 e. The van der Waals surface area contributed by atoms with Gasteiger partial charge in [0.15, 0.2) is 5.78 Å². The average Bonchev–Trinajstić information content (AvgIpc) is 2.17. The molecule has 1 aliphatic rings. The van der Waals surface area contributed by atoms with Gasteiger partial charge in [-0.15, -0.1) is 0 Å². The second kappa shape index (κ2) is 7.73. The molecule has 0 saturated carbocycles. The molecule has 0 amide bonds. The standard InChI is InChI=1S/C9H14O.C6H15B/c1-7-4-8(10)6-9(2,3)5-7;1-4-7(5-2)6-3/h4H,5-6H2,1-3H3;4-6H2,1-3H3. The molecular formula is C15H29BO. The largest absolute Gasteiger partial charge is 0.295 e. The highest BCUT2D eigenvalue weighted by Gasteiger charge is 2.25. The molecule has 98 valence electrons. The van der Waals surface area contributed by atoms with Gasteiger partial charge in [0, 0.05) is 6.42 Å². The Kier molecular flexibility index (Phi) is 7.50. The van der Waals surface area contributed by atoms with Gasteiger partial charge < -0.3 is 0 Å². The van der Waals surface area contributed by atoms with Crippen LogP contribution in [0, 0.1) is 5.41 Å². The molecule has 0 unspecified atom stereocenters. The summed E-state index contributed by atoms with van der Waals surface area (Å²) in [4.78, 5) is 11.0. The van der Waals surface area contributed by atoms with E-state index in [1.54, 1.807) is 6.08 Å². The van der Waals surface area contributed by atoms with Gasteiger partial charge in [-0.1, -0.05) is 59.2 Å². The van der Waals surface area contributed by atoms with Crippen LogP contribution < -0.4 is 0 Å². The van der Waals surface area contributed by atoms with Crippen LogP contribution in [0.2, 0.25) is 19.0 Å². The third-order valence-electron chi connectivity index (χ3n) is 3.55. The van der Waals surface area contributed by atoms with Crippen LogP contribution in [0.15, 0.2) is 11.6 Å². The summed E-state index contributed by atoms with van der Waals surface area (Å²) in [6.45, 7) is 14.1. The van der Waals surface area contributed by atoms with E-state index < -0.39 is 0 Å². The van der Waals surface area contributed by atoms with E-state index in [2.05, 4.69) is 34.6 Å². The summed E-state index contributed by atoms with van der Waals surface area (Å²) in [5.74, 6) is 0.286. The molecule has 0 aromatic carbocycles. The fraction of sp³-hybridized carbons (Fsp3) is 0.800. The first-order valence-electron chi connectivity index (χ1n) is 7.04. The van der Waals surface area contributed by atoms with Crippen molar-refractivity contribution in [1.82, 2.24) is 0 Å². The van der Waals surface area contributed by atoms with Crippen molar-refractivity contribution in [2.45, 2.75) is 73.3 Å². The third kappa shape index (κ3) is 7.41. The van der Waals surface area contributed by atoms with Crippen molar-refractivity contribution in [3.8, 4) is 0 Å². The molecule has 0 fully saturated rings. The van der Waals surface area contributed by atoms with Gasteiger partial charge >= 0.3 is 0 Å². The number of ketones is 1. The van der Waals surface area contributed by atoms with Crippen LogP contribution in [0.1, 0.15) is 54.4 Å². The molecule has 0 heterocycles. The highest BCUT2D eigenvalue weighted by molar-refractivity contribution is 6.58. The molecule has 0 radical (unpaired) electrons. The Balaban J connectivity index is 0.000000325. The Morgan fingerprint density at radius 3 is 1.82 bits per heavy atom. The van der Waals surface area contributed by atoms with Gasteiger partial charge in [-0.3, -0.25) is 4.79 Å². The van der Waals surface area contributed by atoms with Crippen LogP contribution in [0.3, 0.4) is 0 Å². The molecule has 1 rings (SSSR count). The molecule has 1 nitrogen and oxygen atoms in total. The molecule has 17 heavy (non-hydrogen) atoms. The quantitative estimate of drug-likeness (QED) is 0.639. The number of carbonyl (C=O) groups excluding carboxylic acids is 1. The molecule has 0 saturated heterocycles. The Bertz CT molecular complexity index is 257. The highest BCUT2D eigenvalue weighted by Crippen LogP contribution is 2.32. The first kappa shape index (κ1) is 16.5. The average molecular weight is 236 g/mol. The second-order valence-electron chi connectivity index (χ2n) is 6.07. The molecule has 0 bridgehead atoms. The molecule has 0 aromatic heterocycles. The maximum absolute atomic E-state index is 11.0. The van der Waals surface area contributed by atoms with Crippen molar-refractivity contribution in [2.75, 3.05) is 0 Å². The van der Waals surface area contributed by atoms with E-state index in [9.17, 15) is 4.79 Å². The molecule has 0 aliphatic heterocycles. The SMILES string of the molecule is CC1=CC(=O)CC(C)(C)C1.CCB(CC)CC. The van der Waals surface area contributed by atoms with Crippen LogP contribution >= 0.6 is 0 Å². The number of allylic oxidation sites excluding steroid dienone is 2. The summed E-state index contributed by atoms with van der Waals surface area (Å²) in [6, 6.07) is 0. The number of rotatable bonds is 3. The molecule has 2 heteroatoms. The van der Waals surface area contributed by atoms with Crippen molar-refractivity contribution in [3.63, 3.8) is 0 Å². The van der Waals surface area contributed by atoms with Crippen molar-refractivity contribution in [3.05, 3.63) is 11.6 Å². The Morgan fingerprint density at radius 2 is 1.59 bits per heavy atom. The van der Waals surface area contributed by atoms with Gasteiger partial charge in [-0.05, 0) is 24.8 Å². The van der Waals surface area contributed by atoms with Gasteiger partial charge in [0.25, 0.3) is 0 Å². The zero-order valence-electron chi connectivity index (χ0n) is 12.6. The summed E-state index contributed by atoms with van der Waals surface area (Å²) in [5, 5.41) is 0. The summed E-state index contributed by atoms with van der Waals surface area (Å²) < 4.78 is 0. The Labute approximate surface area is 108 Å². The summed E-state index contributed by atoms with van der Waals surface area (Å²) >= 11 is 0. The van der Waals surface area contributed by atoms with Gasteiger partial charge in [-0.25, -0.2) is 0 Å². The van der Waals surface area contributed by atoms with Crippen molar-refractivity contribution < 1.29 is 4.79 Å². The van der Waals surface area contributed by atoms with Crippen LogP contribution in [0.5, 0.6) is 0 Å². The van der Waals surface area contributed by atoms with Gasteiger partial charge in [0.1, 0.15) is 6.71 Å². The predicted octanol–water partition coefficient (Wildman–Crippen LogP) is 4.86. The van der Waals surface area contributed by atoms with Crippen molar-refractivity contribution >= 4 is 12.5 Å². The second-order valence-corrected chi connectivity index (χ2v) is 6.07. The van der Waals surface area contributed by atoms with Crippen LogP contribution in [-0.4, -0.2) is 12.5 Å². The highest BCUT2D eigenvalue weighted by atomic mass is 16.1. The van der Waals surface area contributed by atoms with E-state index >= 15 is 0 Å². The summed E-state index contributed by atoms with van der Waals surface area (Å²) in [7, 11) is 0. The normalized spacial score (nSPS) is 18.0. The minimum absolute atomic E-state index is 0.204. The molecule has 1 aliphatic carbocycles. The van der Waals surface area contributed by atoms with E-state index in [1.165, 1.54) is 24.5 Å². The third-order valence-corrected chi connectivity index (χ3v) is 3.55. The van der Waals surface area contributed by atoms with Crippen LogP contribution in [0.4, 0.5) is 0 Å². The van der Waals surface area contributed by atoms with E-state index in [4.69, 9.17) is 0 Å². The number of hydrogen-bond acceptors (Lipinski definition) is 1. The molecule has 0 N–H and O–H groups in total. The fourth-order valence-corrected chi connectivity index (χ4v) is 2.53. The van der Waals surface area contributed by atoms with E-state index in [0.717, 1.165) is 13.1 Å². The smallest absolute Gasteiger partial charge is 0.156 e.